The van der Waals surface area contributed by atoms with Crippen LogP contribution in [0.5, 0.6) is 5.75 Å². The van der Waals surface area contributed by atoms with Gasteiger partial charge in [-0.15, -0.1) is 0 Å². The second-order valence-corrected chi connectivity index (χ2v) is 4.11. The minimum atomic E-state index is -0.640. The Morgan fingerprint density at radius 2 is 2.00 bits per heavy atom. The number of carbonyl (C=O) groups is 2. The van der Waals surface area contributed by atoms with Crippen LogP contribution in [0.15, 0.2) is 18.3 Å². The summed E-state index contributed by atoms with van der Waals surface area (Å²) in [5.41, 5.74) is 0.394. The van der Waals surface area contributed by atoms with E-state index in [9.17, 15) is 14.0 Å². The lowest BCUT2D eigenvalue weighted by Gasteiger charge is -2.01. The van der Waals surface area contributed by atoms with Crippen LogP contribution < -0.4 is 4.74 Å². The van der Waals surface area contributed by atoms with E-state index in [2.05, 4.69) is 0 Å². The number of halogens is 2. The average Bonchev–Trinajstić information content (AvgIpc) is 2.62. The lowest BCUT2D eigenvalue weighted by molar-refractivity contribution is -0.131. The van der Waals surface area contributed by atoms with Crippen molar-refractivity contribution in [2.24, 2.45) is 0 Å². The molecule has 1 heterocycles. The summed E-state index contributed by atoms with van der Waals surface area (Å²) < 4.78 is 19.6. The van der Waals surface area contributed by atoms with Gasteiger partial charge in [0.2, 0.25) is 5.91 Å². The number of aromatic nitrogens is 1. The molecule has 0 spiro atoms. The first-order valence-electron chi connectivity index (χ1n) is 5.10. The van der Waals surface area contributed by atoms with Crippen molar-refractivity contribution in [3.63, 3.8) is 0 Å². The number of hydrogen-bond donors (Lipinski definition) is 0. The van der Waals surface area contributed by atoms with Gasteiger partial charge in [-0.25, -0.2) is 4.39 Å². The molecular weight excluding hydrogens is 261 g/mol. The number of esters is 1. The highest BCUT2D eigenvalue weighted by molar-refractivity contribution is 6.36. The minimum absolute atomic E-state index is 0.0669. The molecule has 4 nitrogen and oxygen atoms in total. The zero-order valence-electron chi connectivity index (χ0n) is 9.66. The number of carbonyl (C=O) groups excluding carboxylic acids is 2. The average molecular weight is 270 g/mol. The highest BCUT2D eigenvalue weighted by Gasteiger charge is 2.18. The number of rotatable bonds is 1. The Hall–Kier alpha value is -1.88. The maximum absolute atomic E-state index is 13.4. The van der Waals surface area contributed by atoms with Crippen LogP contribution in [0.3, 0.4) is 0 Å². The number of nitrogens with zero attached hydrogens (tertiary/aromatic N) is 1. The van der Waals surface area contributed by atoms with Crippen molar-refractivity contribution in [2.75, 3.05) is 0 Å². The Bertz CT molecular complexity index is 663. The van der Waals surface area contributed by atoms with E-state index in [0.29, 0.717) is 5.52 Å². The molecule has 2 aromatic rings. The molecule has 2 rings (SSSR count). The SMILES string of the molecule is CC(=O)Oc1cn(C(C)=O)c2ccc(F)c(Cl)c12. The predicted octanol–water partition coefficient (Wildman–Crippen LogP) is 3.02. The molecular formula is C12H9ClFNO3. The third-order valence-corrected chi connectivity index (χ3v) is 2.79. The lowest BCUT2D eigenvalue weighted by Crippen LogP contribution is -2.03. The van der Waals surface area contributed by atoms with E-state index in [1.54, 1.807) is 0 Å². The Labute approximate surface area is 107 Å². The van der Waals surface area contributed by atoms with E-state index in [0.717, 1.165) is 6.07 Å². The molecule has 0 bridgehead atoms. The first kappa shape index (κ1) is 12.6. The summed E-state index contributed by atoms with van der Waals surface area (Å²) >= 11 is 5.84. The van der Waals surface area contributed by atoms with Gasteiger partial charge in [0.15, 0.2) is 5.75 Å². The van der Waals surface area contributed by atoms with Gasteiger partial charge in [-0.3, -0.25) is 14.2 Å². The molecule has 6 heteroatoms. The second-order valence-electron chi connectivity index (χ2n) is 3.73. The predicted molar refractivity (Wildman–Crippen MR) is 64.5 cm³/mol. The number of ether oxygens (including phenoxy) is 1. The first-order chi connectivity index (χ1) is 8.41. The third kappa shape index (κ3) is 1.97. The molecule has 94 valence electrons. The first-order valence-corrected chi connectivity index (χ1v) is 5.48. The van der Waals surface area contributed by atoms with Gasteiger partial charge in [-0.05, 0) is 12.1 Å². The number of hydrogen-bond acceptors (Lipinski definition) is 3. The van der Waals surface area contributed by atoms with Crippen molar-refractivity contribution in [1.82, 2.24) is 4.57 Å². The summed E-state index contributed by atoms with van der Waals surface area (Å²) in [5, 5.41) is 0.0332. The van der Waals surface area contributed by atoms with Gasteiger partial charge >= 0.3 is 5.97 Å². The Morgan fingerprint density at radius 1 is 1.33 bits per heavy atom. The molecule has 1 aromatic heterocycles. The summed E-state index contributed by atoms with van der Waals surface area (Å²) in [6.07, 6.45) is 1.32. The summed E-state index contributed by atoms with van der Waals surface area (Å²) in [4.78, 5) is 22.4. The normalized spacial score (nSPS) is 10.7. The van der Waals surface area contributed by atoms with Crippen LogP contribution in [-0.4, -0.2) is 16.4 Å². The van der Waals surface area contributed by atoms with E-state index in [-0.39, 0.29) is 22.1 Å². The fourth-order valence-electron chi connectivity index (χ4n) is 1.72. The van der Waals surface area contributed by atoms with Crippen LogP contribution in [0, 0.1) is 5.82 Å². The van der Waals surface area contributed by atoms with Crippen LogP contribution in [0.1, 0.15) is 18.6 Å². The van der Waals surface area contributed by atoms with Crippen molar-refractivity contribution in [1.29, 1.82) is 0 Å². The largest absolute Gasteiger partial charge is 0.424 e. The molecule has 0 atom stereocenters. The zero-order chi connectivity index (χ0) is 13.4. The smallest absolute Gasteiger partial charge is 0.308 e. The van der Waals surface area contributed by atoms with Gasteiger partial charge in [-0.1, -0.05) is 11.6 Å². The quantitative estimate of drug-likeness (QED) is 0.748. The molecule has 0 radical (unpaired) electrons. The fourth-order valence-corrected chi connectivity index (χ4v) is 1.97. The molecule has 0 aliphatic heterocycles. The van der Waals surface area contributed by atoms with Crippen LogP contribution in [0.2, 0.25) is 5.02 Å². The van der Waals surface area contributed by atoms with E-state index in [1.165, 1.54) is 30.7 Å². The summed E-state index contributed by atoms with van der Waals surface area (Å²) in [6, 6.07) is 2.56. The van der Waals surface area contributed by atoms with Crippen LogP contribution in [-0.2, 0) is 4.79 Å². The maximum atomic E-state index is 13.4. The molecule has 0 amide bonds. The molecule has 0 saturated heterocycles. The van der Waals surface area contributed by atoms with Crippen LogP contribution in [0.25, 0.3) is 10.9 Å². The summed E-state index contributed by atoms with van der Waals surface area (Å²) in [7, 11) is 0. The van der Waals surface area contributed by atoms with Gasteiger partial charge in [0.25, 0.3) is 0 Å². The minimum Gasteiger partial charge on any atom is -0.424 e. The Balaban J connectivity index is 2.81. The standard InChI is InChI=1S/C12H9ClFNO3/c1-6(16)15-5-10(18-7(2)17)11-9(15)4-3-8(14)12(11)13/h3-5H,1-2H3. The van der Waals surface area contributed by atoms with Crippen molar-refractivity contribution >= 4 is 34.4 Å². The molecule has 0 fully saturated rings. The topological polar surface area (TPSA) is 48.3 Å². The van der Waals surface area contributed by atoms with E-state index < -0.39 is 11.8 Å². The van der Waals surface area contributed by atoms with Gasteiger partial charge in [0.1, 0.15) is 5.82 Å². The molecule has 0 aliphatic carbocycles. The van der Waals surface area contributed by atoms with E-state index in [4.69, 9.17) is 16.3 Å². The zero-order valence-corrected chi connectivity index (χ0v) is 10.4. The Kier molecular flexibility index (Phi) is 3.09. The van der Waals surface area contributed by atoms with Gasteiger partial charge < -0.3 is 4.74 Å². The summed E-state index contributed by atoms with van der Waals surface area (Å²) in [6.45, 7) is 2.55. The van der Waals surface area contributed by atoms with Gasteiger partial charge in [-0.2, -0.15) is 0 Å². The molecule has 18 heavy (non-hydrogen) atoms. The number of benzene rings is 1. The van der Waals surface area contributed by atoms with E-state index >= 15 is 0 Å². The maximum Gasteiger partial charge on any atom is 0.308 e. The van der Waals surface area contributed by atoms with Gasteiger partial charge in [0, 0.05) is 13.8 Å². The van der Waals surface area contributed by atoms with Crippen molar-refractivity contribution in [3.05, 3.63) is 29.2 Å². The molecule has 0 aliphatic rings. The number of fused-ring (bicyclic) bond motifs is 1. The molecule has 1 aromatic carbocycles. The third-order valence-electron chi connectivity index (χ3n) is 2.42. The summed E-state index contributed by atoms with van der Waals surface area (Å²) in [5.74, 6) is -1.44. The molecule has 0 unspecified atom stereocenters. The molecule has 0 N–H and O–H groups in total. The fraction of sp³-hybridized carbons (Fsp3) is 0.167. The second kappa shape index (κ2) is 4.42. The molecule has 0 saturated carbocycles. The van der Waals surface area contributed by atoms with Crippen molar-refractivity contribution < 1.29 is 18.7 Å². The van der Waals surface area contributed by atoms with Crippen LogP contribution in [0.4, 0.5) is 4.39 Å². The van der Waals surface area contributed by atoms with E-state index in [1.807, 2.05) is 0 Å². The van der Waals surface area contributed by atoms with Crippen molar-refractivity contribution in [2.45, 2.75) is 13.8 Å². The highest BCUT2D eigenvalue weighted by atomic mass is 35.5. The monoisotopic (exact) mass is 269 g/mol. The lowest BCUT2D eigenvalue weighted by atomic mass is 10.2. The van der Waals surface area contributed by atoms with Crippen molar-refractivity contribution in [3.8, 4) is 5.75 Å². The highest BCUT2D eigenvalue weighted by Crippen LogP contribution is 2.35. The van der Waals surface area contributed by atoms with Crippen LogP contribution >= 0.6 is 11.6 Å². The van der Waals surface area contributed by atoms with Gasteiger partial charge in [0.05, 0.1) is 22.1 Å². The Morgan fingerprint density at radius 3 is 2.56 bits per heavy atom.